The largest absolute Gasteiger partial charge is 0.302 e. The van der Waals surface area contributed by atoms with E-state index in [1.54, 1.807) is 0 Å². The van der Waals surface area contributed by atoms with Crippen LogP contribution in [-0.2, 0) is 9.59 Å². The summed E-state index contributed by atoms with van der Waals surface area (Å²) in [6.45, 7) is 4.03. The molecule has 1 atom stereocenters. The molecule has 2 amide bonds. The van der Waals surface area contributed by atoms with Crippen molar-refractivity contribution in [1.29, 1.82) is 0 Å². The molecule has 1 unspecified atom stereocenters. The van der Waals surface area contributed by atoms with Gasteiger partial charge in [-0.15, -0.1) is 11.3 Å². The summed E-state index contributed by atoms with van der Waals surface area (Å²) in [5.41, 5.74) is 2.98. The second kappa shape index (κ2) is 9.29. The summed E-state index contributed by atoms with van der Waals surface area (Å²) in [5, 5.41) is 15.1. The number of thiazole rings is 1. The number of rotatable bonds is 9. The van der Waals surface area contributed by atoms with E-state index in [-0.39, 0.29) is 12.5 Å². The highest BCUT2D eigenvalue weighted by molar-refractivity contribution is 7.14. The SMILES string of the molecule is CCCCC(CN(O)C=O)C(=O)Nc1nc(-c2ccc(C)cc2)cs1. The first-order valence-corrected chi connectivity index (χ1v) is 9.15. The van der Waals surface area contributed by atoms with Gasteiger partial charge in [-0.1, -0.05) is 49.6 Å². The van der Waals surface area contributed by atoms with Crippen molar-refractivity contribution in [3.05, 3.63) is 35.2 Å². The Morgan fingerprint density at radius 3 is 2.76 bits per heavy atom. The molecule has 0 radical (unpaired) electrons. The van der Waals surface area contributed by atoms with E-state index in [2.05, 4.69) is 10.3 Å². The minimum absolute atomic E-state index is 0.0223. The smallest absolute Gasteiger partial charge is 0.233 e. The molecule has 2 rings (SSSR count). The van der Waals surface area contributed by atoms with Crippen molar-refractivity contribution in [2.45, 2.75) is 33.1 Å². The highest BCUT2D eigenvalue weighted by Crippen LogP contribution is 2.25. The number of aryl methyl sites for hydroxylation is 1. The third-order valence-electron chi connectivity index (χ3n) is 3.89. The van der Waals surface area contributed by atoms with Crippen LogP contribution in [0.1, 0.15) is 31.7 Å². The van der Waals surface area contributed by atoms with Crippen molar-refractivity contribution < 1.29 is 14.8 Å². The lowest BCUT2D eigenvalue weighted by Gasteiger charge is -2.18. The van der Waals surface area contributed by atoms with E-state index in [1.807, 2.05) is 43.5 Å². The number of nitrogens with one attached hydrogen (secondary N) is 1. The van der Waals surface area contributed by atoms with E-state index in [0.717, 1.165) is 24.1 Å². The average molecular weight is 361 g/mol. The van der Waals surface area contributed by atoms with Gasteiger partial charge in [0.1, 0.15) is 0 Å². The molecule has 1 heterocycles. The number of carbonyl (C=O) groups is 2. The normalized spacial score (nSPS) is 11.8. The topological polar surface area (TPSA) is 82.5 Å². The zero-order valence-electron chi connectivity index (χ0n) is 14.4. The minimum atomic E-state index is -0.470. The van der Waals surface area contributed by atoms with Crippen LogP contribution < -0.4 is 5.32 Å². The van der Waals surface area contributed by atoms with Crippen LogP contribution in [0.4, 0.5) is 5.13 Å². The van der Waals surface area contributed by atoms with Crippen molar-refractivity contribution in [3.8, 4) is 11.3 Å². The number of amides is 2. The fraction of sp³-hybridized carbons (Fsp3) is 0.389. The van der Waals surface area contributed by atoms with E-state index < -0.39 is 5.92 Å². The predicted octanol–water partition coefficient (Wildman–Crippen LogP) is 3.71. The van der Waals surface area contributed by atoms with Crippen LogP contribution in [0.15, 0.2) is 29.6 Å². The zero-order chi connectivity index (χ0) is 18.2. The van der Waals surface area contributed by atoms with E-state index in [0.29, 0.717) is 23.0 Å². The van der Waals surface area contributed by atoms with Crippen LogP contribution in [0.5, 0.6) is 0 Å². The maximum absolute atomic E-state index is 12.5. The quantitative estimate of drug-likeness (QED) is 0.405. The first-order chi connectivity index (χ1) is 12.0. The summed E-state index contributed by atoms with van der Waals surface area (Å²) in [4.78, 5) is 27.5. The first-order valence-electron chi connectivity index (χ1n) is 8.27. The van der Waals surface area contributed by atoms with Gasteiger partial charge >= 0.3 is 0 Å². The monoisotopic (exact) mass is 361 g/mol. The number of hydroxylamine groups is 2. The Morgan fingerprint density at radius 2 is 2.12 bits per heavy atom. The molecule has 2 N–H and O–H groups in total. The summed E-state index contributed by atoms with van der Waals surface area (Å²) in [5.74, 6) is -0.707. The van der Waals surface area contributed by atoms with E-state index in [1.165, 1.54) is 16.9 Å². The molecule has 0 aliphatic carbocycles. The van der Waals surface area contributed by atoms with E-state index in [4.69, 9.17) is 0 Å². The maximum atomic E-state index is 12.5. The second-order valence-corrected chi connectivity index (χ2v) is 6.82. The summed E-state index contributed by atoms with van der Waals surface area (Å²) in [6, 6.07) is 8.02. The molecule has 1 aromatic carbocycles. The number of anilines is 1. The molecule has 0 aliphatic heterocycles. The number of hydrogen-bond donors (Lipinski definition) is 2. The lowest BCUT2D eigenvalue weighted by molar-refractivity contribution is -0.153. The van der Waals surface area contributed by atoms with Crippen LogP contribution in [0.2, 0.25) is 0 Å². The average Bonchev–Trinajstić information content (AvgIpc) is 3.07. The van der Waals surface area contributed by atoms with Gasteiger partial charge in [0.2, 0.25) is 12.3 Å². The molecule has 0 aliphatic rings. The fourth-order valence-electron chi connectivity index (χ4n) is 2.42. The predicted molar refractivity (Wildman–Crippen MR) is 98.5 cm³/mol. The van der Waals surface area contributed by atoms with Crippen molar-refractivity contribution in [2.75, 3.05) is 11.9 Å². The number of nitrogens with zero attached hydrogens (tertiary/aromatic N) is 2. The second-order valence-electron chi connectivity index (χ2n) is 5.96. The first kappa shape index (κ1) is 19.1. The Labute approximate surface area is 151 Å². The molecule has 0 saturated heterocycles. The molecular formula is C18H23N3O3S. The Hall–Kier alpha value is -2.25. The Bertz CT molecular complexity index is 700. The minimum Gasteiger partial charge on any atom is -0.302 e. The van der Waals surface area contributed by atoms with Crippen LogP contribution in [0.3, 0.4) is 0 Å². The van der Waals surface area contributed by atoms with Gasteiger partial charge in [-0.3, -0.25) is 14.8 Å². The Kier molecular flexibility index (Phi) is 7.09. The van der Waals surface area contributed by atoms with Crippen molar-refractivity contribution in [2.24, 2.45) is 5.92 Å². The summed E-state index contributed by atoms with van der Waals surface area (Å²) in [6.07, 6.45) is 2.69. The van der Waals surface area contributed by atoms with Crippen molar-refractivity contribution >= 4 is 28.8 Å². The summed E-state index contributed by atoms with van der Waals surface area (Å²) < 4.78 is 0. The van der Waals surface area contributed by atoms with Crippen molar-refractivity contribution in [1.82, 2.24) is 10.0 Å². The van der Waals surface area contributed by atoms with Crippen LogP contribution in [0.25, 0.3) is 11.3 Å². The number of hydrogen-bond acceptors (Lipinski definition) is 5. The van der Waals surface area contributed by atoms with Gasteiger partial charge in [-0.25, -0.2) is 10.0 Å². The molecule has 0 saturated carbocycles. The van der Waals surface area contributed by atoms with E-state index in [9.17, 15) is 14.8 Å². The van der Waals surface area contributed by atoms with Crippen LogP contribution in [0, 0.1) is 12.8 Å². The molecule has 6 nitrogen and oxygen atoms in total. The number of aromatic nitrogens is 1. The maximum Gasteiger partial charge on any atom is 0.233 e. The van der Waals surface area contributed by atoms with E-state index >= 15 is 0 Å². The lowest BCUT2D eigenvalue weighted by Crippen LogP contribution is -2.33. The van der Waals surface area contributed by atoms with Gasteiger partial charge < -0.3 is 5.32 Å². The molecule has 25 heavy (non-hydrogen) atoms. The summed E-state index contributed by atoms with van der Waals surface area (Å²) >= 11 is 1.35. The molecule has 7 heteroatoms. The third kappa shape index (κ3) is 5.65. The lowest BCUT2D eigenvalue weighted by atomic mass is 10.0. The number of benzene rings is 1. The molecule has 2 aromatic rings. The van der Waals surface area contributed by atoms with Gasteiger partial charge in [0.25, 0.3) is 0 Å². The number of unbranched alkanes of at least 4 members (excludes halogenated alkanes) is 1. The van der Waals surface area contributed by atoms with Gasteiger partial charge in [-0.2, -0.15) is 0 Å². The molecule has 0 fully saturated rings. The Morgan fingerprint density at radius 1 is 1.40 bits per heavy atom. The van der Waals surface area contributed by atoms with Crippen LogP contribution in [-0.4, -0.2) is 34.1 Å². The van der Waals surface area contributed by atoms with Gasteiger partial charge in [-0.05, 0) is 13.3 Å². The highest BCUT2D eigenvalue weighted by Gasteiger charge is 2.21. The fourth-order valence-corrected chi connectivity index (χ4v) is 3.14. The molecule has 0 spiro atoms. The number of carbonyl (C=O) groups excluding carboxylic acids is 2. The molecular weight excluding hydrogens is 338 g/mol. The highest BCUT2D eigenvalue weighted by atomic mass is 32.1. The summed E-state index contributed by atoms with van der Waals surface area (Å²) in [7, 11) is 0. The van der Waals surface area contributed by atoms with Gasteiger partial charge in [0, 0.05) is 10.9 Å². The molecule has 1 aromatic heterocycles. The van der Waals surface area contributed by atoms with Gasteiger partial charge in [0.15, 0.2) is 5.13 Å². The molecule has 0 bridgehead atoms. The third-order valence-corrected chi connectivity index (χ3v) is 4.65. The standard InChI is InChI=1S/C18H23N3O3S/c1-3-4-5-15(10-21(24)12-22)17(23)20-18-19-16(11-25-18)14-8-6-13(2)7-9-14/h6-9,11-12,15,24H,3-5,10H2,1-2H3,(H,19,20,23). The molecule has 134 valence electrons. The van der Waals surface area contributed by atoms with Gasteiger partial charge in [0.05, 0.1) is 18.2 Å². The van der Waals surface area contributed by atoms with Crippen LogP contribution >= 0.6 is 11.3 Å². The zero-order valence-corrected chi connectivity index (χ0v) is 15.3. The van der Waals surface area contributed by atoms with Crippen molar-refractivity contribution in [3.63, 3.8) is 0 Å². The Balaban J connectivity index is 2.04.